The number of hydrogen-bond donors (Lipinski definition) is 1. The van der Waals surface area contributed by atoms with E-state index in [9.17, 15) is 4.79 Å². The molecule has 0 atom stereocenters. The van der Waals surface area contributed by atoms with Crippen LogP contribution in [0.4, 0.5) is 5.69 Å². The molecule has 0 saturated heterocycles. The van der Waals surface area contributed by atoms with Gasteiger partial charge in [0, 0.05) is 16.6 Å². The van der Waals surface area contributed by atoms with Gasteiger partial charge in [0.1, 0.15) is 5.52 Å². The van der Waals surface area contributed by atoms with Crippen LogP contribution in [-0.4, -0.2) is 10.9 Å². The molecule has 0 aliphatic heterocycles. The molecule has 1 heterocycles. The maximum Gasteiger partial charge on any atom is 0.255 e. The van der Waals surface area contributed by atoms with E-state index < -0.39 is 0 Å². The van der Waals surface area contributed by atoms with Crippen molar-refractivity contribution in [1.82, 2.24) is 4.98 Å². The number of benzene rings is 3. The van der Waals surface area contributed by atoms with Crippen molar-refractivity contribution in [2.45, 2.75) is 0 Å². The highest BCUT2D eigenvalue weighted by Crippen LogP contribution is 2.24. The Balaban J connectivity index is 1.71. The van der Waals surface area contributed by atoms with Crippen molar-refractivity contribution in [2.75, 3.05) is 5.32 Å². The van der Waals surface area contributed by atoms with Gasteiger partial charge in [-0.15, -0.1) is 0 Å². The molecule has 4 nitrogen and oxygen atoms in total. The average molecular weight is 288 g/mol. The van der Waals surface area contributed by atoms with Gasteiger partial charge in [-0.25, -0.2) is 4.98 Å². The Bertz CT molecular complexity index is 983. The summed E-state index contributed by atoms with van der Waals surface area (Å²) in [6.45, 7) is 0. The summed E-state index contributed by atoms with van der Waals surface area (Å²) in [6, 6.07) is 19.0. The number of oxazole rings is 1. The zero-order chi connectivity index (χ0) is 14.9. The van der Waals surface area contributed by atoms with Crippen LogP contribution in [-0.2, 0) is 0 Å². The lowest BCUT2D eigenvalue weighted by molar-refractivity contribution is 0.102. The predicted octanol–water partition coefficient (Wildman–Crippen LogP) is 4.23. The summed E-state index contributed by atoms with van der Waals surface area (Å²) < 4.78 is 5.19. The van der Waals surface area contributed by atoms with Crippen LogP contribution in [0, 0.1) is 0 Å². The Morgan fingerprint density at radius 1 is 1.00 bits per heavy atom. The van der Waals surface area contributed by atoms with E-state index in [-0.39, 0.29) is 5.91 Å². The minimum Gasteiger partial charge on any atom is -0.443 e. The second-order valence-electron chi connectivity index (χ2n) is 5.02. The molecule has 0 aliphatic rings. The maximum atomic E-state index is 12.5. The average Bonchev–Trinajstić information content (AvgIpc) is 3.02. The fraction of sp³-hybridized carbons (Fsp3) is 0. The van der Waals surface area contributed by atoms with Gasteiger partial charge in [0.25, 0.3) is 5.91 Å². The van der Waals surface area contributed by atoms with Gasteiger partial charge in [0.05, 0.1) is 0 Å². The molecule has 0 fully saturated rings. The number of carbonyl (C=O) groups is 1. The Hall–Kier alpha value is -3.14. The van der Waals surface area contributed by atoms with E-state index in [0.29, 0.717) is 16.7 Å². The Morgan fingerprint density at radius 3 is 2.82 bits per heavy atom. The van der Waals surface area contributed by atoms with E-state index in [1.165, 1.54) is 6.39 Å². The number of rotatable bonds is 2. The second kappa shape index (κ2) is 5.00. The minimum absolute atomic E-state index is 0.166. The molecule has 3 aromatic carbocycles. The molecule has 1 amide bonds. The van der Waals surface area contributed by atoms with Crippen molar-refractivity contribution in [3.8, 4) is 0 Å². The first-order valence-corrected chi connectivity index (χ1v) is 6.94. The monoisotopic (exact) mass is 288 g/mol. The van der Waals surface area contributed by atoms with Crippen LogP contribution in [0.25, 0.3) is 21.9 Å². The lowest BCUT2D eigenvalue weighted by Crippen LogP contribution is -2.12. The first kappa shape index (κ1) is 12.6. The molecule has 4 rings (SSSR count). The maximum absolute atomic E-state index is 12.5. The zero-order valence-electron chi connectivity index (χ0n) is 11.6. The molecule has 4 aromatic rings. The molecule has 4 heteroatoms. The zero-order valence-corrected chi connectivity index (χ0v) is 11.6. The van der Waals surface area contributed by atoms with Crippen molar-refractivity contribution < 1.29 is 9.21 Å². The third kappa shape index (κ3) is 2.11. The summed E-state index contributed by atoms with van der Waals surface area (Å²) in [5.41, 5.74) is 2.69. The number of nitrogens with one attached hydrogen (secondary N) is 1. The number of carbonyl (C=O) groups excluding carboxylic acids is 1. The number of anilines is 1. The van der Waals surface area contributed by atoms with Gasteiger partial charge in [-0.3, -0.25) is 4.79 Å². The van der Waals surface area contributed by atoms with Crippen molar-refractivity contribution in [1.29, 1.82) is 0 Å². The molecule has 1 N–H and O–H groups in total. The summed E-state index contributed by atoms with van der Waals surface area (Å²) in [7, 11) is 0. The number of hydrogen-bond acceptors (Lipinski definition) is 3. The minimum atomic E-state index is -0.166. The van der Waals surface area contributed by atoms with Gasteiger partial charge >= 0.3 is 0 Å². The molecule has 0 radical (unpaired) electrons. The largest absolute Gasteiger partial charge is 0.443 e. The highest BCUT2D eigenvalue weighted by Gasteiger charge is 2.10. The molecule has 22 heavy (non-hydrogen) atoms. The molecule has 0 aliphatic carbocycles. The van der Waals surface area contributed by atoms with E-state index in [2.05, 4.69) is 10.3 Å². The van der Waals surface area contributed by atoms with Gasteiger partial charge in [-0.05, 0) is 29.7 Å². The van der Waals surface area contributed by atoms with Crippen molar-refractivity contribution in [2.24, 2.45) is 0 Å². The third-order valence-electron chi connectivity index (χ3n) is 3.63. The van der Waals surface area contributed by atoms with Crippen molar-refractivity contribution in [3.05, 3.63) is 72.6 Å². The van der Waals surface area contributed by atoms with Crippen LogP contribution in [0.15, 0.2) is 71.5 Å². The lowest BCUT2D eigenvalue weighted by Gasteiger charge is -2.08. The topological polar surface area (TPSA) is 55.1 Å². The van der Waals surface area contributed by atoms with Crippen LogP contribution >= 0.6 is 0 Å². The van der Waals surface area contributed by atoms with Crippen LogP contribution in [0.2, 0.25) is 0 Å². The highest BCUT2D eigenvalue weighted by molar-refractivity contribution is 6.10. The Kier molecular flexibility index (Phi) is 2.86. The second-order valence-corrected chi connectivity index (χ2v) is 5.02. The van der Waals surface area contributed by atoms with Gasteiger partial charge in [0.2, 0.25) is 0 Å². The highest BCUT2D eigenvalue weighted by atomic mass is 16.3. The molecule has 0 unspecified atom stereocenters. The third-order valence-corrected chi connectivity index (χ3v) is 3.63. The molecule has 106 valence electrons. The van der Waals surface area contributed by atoms with E-state index in [1.54, 1.807) is 18.2 Å². The van der Waals surface area contributed by atoms with E-state index >= 15 is 0 Å². The molecular formula is C18H12N2O2. The van der Waals surface area contributed by atoms with Crippen LogP contribution < -0.4 is 5.32 Å². The molecular weight excluding hydrogens is 276 g/mol. The van der Waals surface area contributed by atoms with Crippen molar-refractivity contribution >= 4 is 33.5 Å². The smallest absolute Gasteiger partial charge is 0.255 e. The van der Waals surface area contributed by atoms with Crippen LogP contribution in [0.5, 0.6) is 0 Å². The quantitative estimate of drug-likeness (QED) is 0.600. The van der Waals surface area contributed by atoms with E-state index in [0.717, 1.165) is 16.5 Å². The molecule has 0 spiro atoms. The van der Waals surface area contributed by atoms with Gasteiger partial charge in [-0.2, -0.15) is 0 Å². The molecule has 1 aromatic heterocycles. The summed E-state index contributed by atoms with van der Waals surface area (Å²) in [5.74, 6) is -0.166. The normalized spacial score (nSPS) is 10.9. The number of fused-ring (bicyclic) bond motifs is 2. The van der Waals surface area contributed by atoms with E-state index in [4.69, 9.17) is 4.42 Å². The molecule has 0 saturated carbocycles. The predicted molar refractivity (Wildman–Crippen MR) is 85.9 cm³/mol. The fourth-order valence-electron chi connectivity index (χ4n) is 2.53. The summed E-state index contributed by atoms with van der Waals surface area (Å²) in [5, 5.41) is 5.07. The first-order valence-electron chi connectivity index (χ1n) is 6.94. The Labute approximate surface area is 126 Å². The number of nitrogens with zero attached hydrogens (tertiary/aromatic N) is 1. The summed E-state index contributed by atoms with van der Waals surface area (Å²) in [4.78, 5) is 16.5. The van der Waals surface area contributed by atoms with Crippen molar-refractivity contribution in [3.63, 3.8) is 0 Å². The van der Waals surface area contributed by atoms with E-state index in [1.807, 2.05) is 42.5 Å². The lowest BCUT2D eigenvalue weighted by atomic mass is 10.1. The van der Waals surface area contributed by atoms with Gasteiger partial charge in [-0.1, -0.05) is 36.4 Å². The first-order chi connectivity index (χ1) is 10.8. The Morgan fingerprint density at radius 2 is 1.86 bits per heavy atom. The number of aromatic nitrogens is 1. The summed E-state index contributed by atoms with van der Waals surface area (Å²) in [6.07, 6.45) is 1.37. The van der Waals surface area contributed by atoms with Crippen LogP contribution in [0.3, 0.4) is 0 Å². The van der Waals surface area contributed by atoms with Crippen LogP contribution in [0.1, 0.15) is 10.4 Å². The standard InChI is InChI=1S/C18H12N2O2/c21-18(13-8-9-17-16(10-13)19-11-22-17)20-15-7-3-5-12-4-1-2-6-14(12)15/h1-11H,(H,20,21). The molecule has 0 bridgehead atoms. The van der Waals surface area contributed by atoms with Gasteiger partial charge < -0.3 is 9.73 Å². The SMILES string of the molecule is O=C(Nc1cccc2ccccc12)c1ccc2ocnc2c1. The fourth-order valence-corrected chi connectivity index (χ4v) is 2.53. The summed E-state index contributed by atoms with van der Waals surface area (Å²) >= 11 is 0. The van der Waals surface area contributed by atoms with Gasteiger partial charge in [0.15, 0.2) is 12.0 Å². The number of amides is 1.